The van der Waals surface area contributed by atoms with Crippen LogP contribution in [0.2, 0.25) is 18.1 Å². The van der Waals surface area contributed by atoms with E-state index in [4.69, 9.17) is 9.26 Å². The van der Waals surface area contributed by atoms with E-state index < -0.39 is 52.0 Å². The fourth-order valence-corrected chi connectivity index (χ4v) is 6.09. The molecular formula is C23H35N3O8SSi. The molecule has 0 radical (unpaired) electrons. The zero-order chi connectivity index (χ0) is 27.5. The minimum atomic E-state index is -4.57. The Kier molecular flexibility index (Phi) is 9.23. The van der Waals surface area contributed by atoms with Crippen LogP contribution in [0.25, 0.3) is 0 Å². The van der Waals surface area contributed by atoms with Gasteiger partial charge in [0.05, 0.1) is 30.2 Å². The van der Waals surface area contributed by atoms with Gasteiger partial charge in [0.2, 0.25) is 0 Å². The number of carboxylic acid groups (broad SMARTS) is 1. The van der Waals surface area contributed by atoms with Gasteiger partial charge in [0, 0.05) is 12.6 Å². The zero-order valence-electron chi connectivity index (χ0n) is 21.5. The van der Waals surface area contributed by atoms with Crippen molar-refractivity contribution in [2.45, 2.75) is 62.8 Å². The number of sulfonamides is 1. The number of nitro benzene ring substituents is 1. The fraction of sp³-hybridized carbons (Fsp3) is 0.522. The lowest BCUT2D eigenvalue weighted by atomic mass is 10.0. The van der Waals surface area contributed by atoms with Gasteiger partial charge in [0.15, 0.2) is 13.2 Å². The molecule has 0 bridgehead atoms. The Labute approximate surface area is 213 Å². The number of hydroxylamine groups is 1. The second-order valence-electron chi connectivity index (χ2n) is 10.1. The van der Waals surface area contributed by atoms with E-state index >= 15 is 0 Å². The van der Waals surface area contributed by atoms with Gasteiger partial charge in [-0.1, -0.05) is 55.1 Å². The lowest BCUT2D eigenvalue weighted by Gasteiger charge is -2.42. The van der Waals surface area contributed by atoms with Crippen molar-refractivity contribution in [1.82, 2.24) is 9.37 Å². The number of benzene rings is 1. The summed E-state index contributed by atoms with van der Waals surface area (Å²) in [6.07, 6.45) is 1.72. The molecule has 0 saturated heterocycles. The Morgan fingerprint density at radius 2 is 1.97 bits per heavy atom. The molecule has 1 amide bonds. The Bertz CT molecular complexity index is 1130. The highest BCUT2D eigenvalue weighted by Gasteiger charge is 2.43. The third-order valence-corrected chi connectivity index (χ3v) is 12.8. The van der Waals surface area contributed by atoms with E-state index in [1.165, 1.54) is 18.2 Å². The molecule has 1 aliphatic rings. The first-order valence-corrected chi connectivity index (χ1v) is 15.7. The zero-order valence-corrected chi connectivity index (χ0v) is 23.3. The minimum Gasteiger partial charge on any atom is -0.465 e. The first-order valence-electron chi connectivity index (χ1n) is 11.4. The molecule has 13 heteroatoms. The van der Waals surface area contributed by atoms with E-state index in [2.05, 4.69) is 40.4 Å². The molecule has 0 fully saturated rings. The largest absolute Gasteiger partial charge is 0.465 e. The molecule has 2 unspecified atom stereocenters. The van der Waals surface area contributed by atoms with Crippen LogP contribution in [0.4, 0.5) is 10.5 Å². The lowest BCUT2D eigenvalue weighted by molar-refractivity contribution is -0.388. The van der Waals surface area contributed by atoms with Crippen LogP contribution >= 0.6 is 0 Å². The van der Waals surface area contributed by atoms with Crippen molar-refractivity contribution in [1.29, 1.82) is 0 Å². The number of para-hydroxylation sites is 1. The molecule has 0 saturated carbocycles. The molecule has 1 aliphatic heterocycles. The van der Waals surface area contributed by atoms with E-state index in [0.29, 0.717) is 10.0 Å². The first-order chi connectivity index (χ1) is 16.5. The average Bonchev–Trinajstić information content (AvgIpc) is 2.77. The van der Waals surface area contributed by atoms with Gasteiger partial charge in [0.25, 0.3) is 15.7 Å². The van der Waals surface area contributed by atoms with Crippen molar-refractivity contribution in [3.05, 3.63) is 58.7 Å². The van der Waals surface area contributed by atoms with Crippen LogP contribution < -0.4 is 0 Å². The van der Waals surface area contributed by atoms with Crippen molar-refractivity contribution in [3.63, 3.8) is 0 Å². The topological polar surface area (TPSA) is 140 Å². The molecule has 36 heavy (non-hydrogen) atoms. The predicted octanol–water partition coefficient (Wildman–Crippen LogP) is 4.40. The maximum Gasteiger partial charge on any atom is 0.407 e. The van der Waals surface area contributed by atoms with Gasteiger partial charge < -0.3 is 9.53 Å². The summed E-state index contributed by atoms with van der Waals surface area (Å²) in [5.74, 6) is 0. The second-order valence-corrected chi connectivity index (χ2v) is 16.6. The molecular weight excluding hydrogens is 506 g/mol. The summed E-state index contributed by atoms with van der Waals surface area (Å²) in [5, 5.41) is 21.4. The fourth-order valence-electron chi connectivity index (χ4n) is 3.45. The van der Waals surface area contributed by atoms with Crippen LogP contribution in [0, 0.1) is 10.1 Å². The Hall–Kier alpha value is -2.58. The summed E-state index contributed by atoms with van der Waals surface area (Å²) in [5.41, 5.74) is -0.0829. The number of carbonyl (C=O) groups is 1. The van der Waals surface area contributed by atoms with Crippen LogP contribution in [0.15, 0.2) is 53.5 Å². The third-order valence-electron chi connectivity index (χ3n) is 6.57. The molecule has 11 nitrogen and oxygen atoms in total. The van der Waals surface area contributed by atoms with Gasteiger partial charge in [-0.3, -0.25) is 19.9 Å². The van der Waals surface area contributed by atoms with Crippen molar-refractivity contribution in [2.75, 3.05) is 19.8 Å². The summed E-state index contributed by atoms with van der Waals surface area (Å²) < 4.78 is 34.0. The van der Waals surface area contributed by atoms with Gasteiger partial charge in [-0.15, -0.1) is 6.58 Å². The van der Waals surface area contributed by atoms with Crippen LogP contribution in [-0.2, 0) is 19.3 Å². The Morgan fingerprint density at radius 1 is 1.36 bits per heavy atom. The smallest absolute Gasteiger partial charge is 0.407 e. The van der Waals surface area contributed by atoms with Gasteiger partial charge in [-0.05, 0) is 31.1 Å². The molecule has 0 spiro atoms. The van der Waals surface area contributed by atoms with E-state index in [1.54, 1.807) is 13.0 Å². The second kappa shape index (κ2) is 11.2. The van der Waals surface area contributed by atoms with Crippen molar-refractivity contribution < 1.29 is 32.5 Å². The number of nitrogens with zero attached hydrogens (tertiary/aromatic N) is 3. The number of amides is 1. The standard InChI is InChI=1S/C23H35N3O8SSi/c1-8-13-33-26(35(31,32)21-12-10-9-11-19(21)25(29)30)20-15-24(22(27)28)18(14-17(20)2)16-34-36(6,7)23(3,4)5/h8-12,14,18,20H,1,13,15-16H2,2-7H3,(H,27,28). The third kappa shape index (κ3) is 6.40. The normalized spacial score (nSPS) is 19.2. The summed E-state index contributed by atoms with van der Waals surface area (Å²) in [7, 11) is -6.74. The van der Waals surface area contributed by atoms with Gasteiger partial charge >= 0.3 is 6.09 Å². The van der Waals surface area contributed by atoms with E-state index in [9.17, 15) is 28.4 Å². The SMILES string of the molecule is C=CCON(C1CN(C(=O)O)C(CO[Si](C)(C)C(C)(C)C)C=C1C)S(=O)(=O)c1ccccc1[N+](=O)[O-]. The van der Waals surface area contributed by atoms with Crippen molar-refractivity contribution >= 4 is 30.1 Å². The van der Waals surface area contributed by atoms with Gasteiger partial charge in [0.1, 0.15) is 0 Å². The van der Waals surface area contributed by atoms with Crippen LogP contribution in [-0.4, -0.2) is 74.1 Å². The van der Waals surface area contributed by atoms with E-state index in [0.717, 1.165) is 17.0 Å². The minimum absolute atomic E-state index is 0.0786. The number of rotatable bonds is 10. The van der Waals surface area contributed by atoms with E-state index in [-0.39, 0.29) is 24.8 Å². The molecule has 1 N–H and O–H groups in total. The summed E-state index contributed by atoms with van der Waals surface area (Å²) >= 11 is 0. The molecule has 1 aromatic rings. The molecule has 1 aromatic carbocycles. The van der Waals surface area contributed by atoms with Crippen LogP contribution in [0.5, 0.6) is 0 Å². The quantitative estimate of drug-likeness (QED) is 0.199. The summed E-state index contributed by atoms with van der Waals surface area (Å²) in [6, 6.07) is 3.23. The maximum absolute atomic E-state index is 13.6. The number of hydrogen-bond acceptors (Lipinski definition) is 7. The average molecular weight is 542 g/mol. The predicted molar refractivity (Wildman–Crippen MR) is 137 cm³/mol. The van der Waals surface area contributed by atoms with Crippen molar-refractivity contribution in [2.24, 2.45) is 0 Å². The highest BCUT2D eigenvalue weighted by molar-refractivity contribution is 7.89. The van der Waals surface area contributed by atoms with Gasteiger partial charge in [-0.25, -0.2) is 13.2 Å². The van der Waals surface area contributed by atoms with Crippen LogP contribution in [0.3, 0.4) is 0 Å². The summed E-state index contributed by atoms with van der Waals surface area (Å²) in [4.78, 5) is 28.9. The summed E-state index contributed by atoms with van der Waals surface area (Å²) in [6.45, 7) is 15.2. The van der Waals surface area contributed by atoms with Crippen LogP contribution in [0.1, 0.15) is 27.7 Å². The monoisotopic (exact) mass is 541 g/mol. The first kappa shape index (κ1) is 29.6. The number of hydrogen-bond donors (Lipinski definition) is 1. The molecule has 2 rings (SSSR count). The lowest BCUT2D eigenvalue weighted by Crippen LogP contribution is -2.56. The Morgan fingerprint density at radius 3 is 2.50 bits per heavy atom. The molecule has 200 valence electrons. The molecule has 0 aliphatic carbocycles. The Balaban J connectivity index is 2.50. The van der Waals surface area contributed by atoms with E-state index in [1.807, 2.05) is 0 Å². The van der Waals surface area contributed by atoms with Gasteiger partial charge in [-0.2, -0.15) is 0 Å². The van der Waals surface area contributed by atoms with Crippen molar-refractivity contribution in [3.8, 4) is 0 Å². The maximum atomic E-state index is 13.6. The molecule has 0 aromatic heterocycles. The molecule has 2 atom stereocenters. The highest BCUT2D eigenvalue weighted by Crippen LogP contribution is 2.37. The molecule has 1 heterocycles. The highest BCUT2D eigenvalue weighted by atomic mass is 32.2. The number of nitro groups is 1.